The van der Waals surface area contributed by atoms with Gasteiger partial charge in [0.15, 0.2) is 5.79 Å². The van der Waals surface area contributed by atoms with E-state index in [0.29, 0.717) is 13.2 Å². The molecule has 1 unspecified atom stereocenters. The zero-order valence-electron chi connectivity index (χ0n) is 10.3. The molecule has 2 N–H and O–H groups in total. The van der Waals surface area contributed by atoms with Gasteiger partial charge in [0.05, 0.1) is 6.61 Å². The Bertz CT molecular complexity index is 412. The molecule has 17 heavy (non-hydrogen) atoms. The Morgan fingerprint density at radius 3 is 2.94 bits per heavy atom. The lowest BCUT2D eigenvalue weighted by Gasteiger charge is -2.17. The summed E-state index contributed by atoms with van der Waals surface area (Å²) in [6.45, 7) is 5.04. The van der Waals surface area contributed by atoms with Gasteiger partial charge in [0.1, 0.15) is 6.10 Å². The van der Waals surface area contributed by atoms with Crippen molar-refractivity contribution in [3.8, 4) is 0 Å². The van der Waals surface area contributed by atoms with E-state index in [1.54, 1.807) is 0 Å². The normalized spacial score (nSPS) is 23.4. The second-order valence-electron chi connectivity index (χ2n) is 4.63. The zero-order chi connectivity index (χ0) is 12.3. The third-order valence-corrected chi connectivity index (χ3v) is 2.74. The second kappa shape index (κ2) is 5.00. The molecule has 0 aliphatic carbocycles. The Hall–Kier alpha value is -1.16. The van der Waals surface area contributed by atoms with Crippen molar-refractivity contribution in [2.24, 2.45) is 5.73 Å². The van der Waals surface area contributed by atoms with Crippen molar-refractivity contribution in [2.75, 3.05) is 13.2 Å². The fourth-order valence-corrected chi connectivity index (χ4v) is 1.92. The van der Waals surface area contributed by atoms with E-state index in [4.69, 9.17) is 15.2 Å². The quantitative estimate of drug-likeness (QED) is 0.872. The third kappa shape index (κ3) is 3.16. The van der Waals surface area contributed by atoms with Crippen LogP contribution in [0.5, 0.6) is 0 Å². The maximum absolute atomic E-state index is 5.82. The molecule has 1 atom stereocenters. The van der Waals surface area contributed by atoms with Crippen LogP contribution >= 0.6 is 0 Å². The second-order valence-corrected chi connectivity index (χ2v) is 4.63. The number of ether oxygens (including phenoxy) is 2. The van der Waals surface area contributed by atoms with Crippen molar-refractivity contribution in [1.82, 2.24) is 0 Å². The van der Waals surface area contributed by atoms with Crippen LogP contribution in [0.1, 0.15) is 31.1 Å². The summed E-state index contributed by atoms with van der Waals surface area (Å²) in [5.74, 6) is -0.478. The highest BCUT2D eigenvalue weighted by atomic mass is 16.7. The number of hydrogen-bond acceptors (Lipinski definition) is 3. The smallest absolute Gasteiger partial charge is 0.163 e. The summed E-state index contributed by atoms with van der Waals surface area (Å²) in [5, 5.41) is 0. The van der Waals surface area contributed by atoms with Gasteiger partial charge in [-0.05, 0) is 31.0 Å². The van der Waals surface area contributed by atoms with E-state index in [0.717, 1.165) is 11.1 Å². The van der Waals surface area contributed by atoms with Gasteiger partial charge in [-0.25, -0.2) is 0 Å². The molecule has 0 spiro atoms. The van der Waals surface area contributed by atoms with Crippen molar-refractivity contribution < 1.29 is 9.47 Å². The molecule has 1 aliphatic rings. The topological polar surface area (TPSA) is 44.5 Å². The van der Waals surface area contributed by atoms with Crippen LogP contribution in [0.2, 0.25) is 0 Å². The van der Waals surface area contributed by atoms with E-state index in [9.17, 15) is 0 Å². The predicted octanol–water partition coefficient (Wildman–Crippen LogP) is 2.48. The first-order valence-corrected chi connectivity index (χ1v) is 5.89. The van der Waals surface area contributed by atoms with E-state index in [-0.39, 0.29) is 6.10 Å². The van der Waals surface area contributed by atoms with Crippen LogP contribution in [0.3, 0.4) is 0 Å². The molecule has 1 aromatic carbocycles. The van der Waals surface area contributed by atoms with Gasteiger partial charge in [-0.3, -0.25) is 0 Å². The van der Waals surface area contributed by atoms with Crippen LogP contribution in [0.4, 0.5) is 0 Å². The van der Waals surface area contributed by atoms with E-state index < -0.39 is 5.79 Å². The van der Waals surface area contributed by atoms with Crippen LogP contribution in [-0.4, -0.2) is 18.9 Å². The molecule has 2 rings (SSSR count). The number of hydrogen-bond donors (Lipinski definition) is 1. The molecule has 0 aromatic heterocycles. The van der Waals surface area contributed by atoms with Gasteiger partial charge in [-0.15, -0.1) is 0 Å². The fourth-order valence-electron chi connectivity index (χ4n) is 1.92. The zero-order valence-corrected chi connectivity index (χ0v) is 10.3. The molecule has 0 radical (unpaired) electrons. The van der Waals surface area contributed by atoms with Gasteiger partial charge < -0.3 is 15.2 Å². The fraction of sp³-hybridized carbons (Fsp3) is 0.429. The summed E-state index contributed by atoms with van der Waals surface area (Å²) in [4.78, 5) is 0. The highest BCUT2D eigenvalue weighted by Gasteiger charge is 2.33. The summed E-state index contributed by atoms with van der Waals surface area (Å²) in [6, 6.07) is 8.26. The maximum atomic E-state index is 5.82. The SMILES string of the molecule is CC1(C)OCC(c2cccc(/C=C/CN)c2)O1. The molecular formula is C14H19NO2. The molecule has 1 saturated heterocycles. The monoisotopic (exact) mass is 233 g/mol. The van der Waals surface area contributed by atoms with E-state index in [1.807, 2.05) is 32.1 Å². The maximum Gasteiger partial charge on any atom is 0.163 e. The minimum absolute atomic E-state index is 0.0243. The molecule has 3 heteroatoms. The van der Waals surface area contributed by atoms with Gasteiger partial charge in [0.25, 0.3) is 0 Å². The molecule has 92 valence electrons. The van der Waals surface area contributed by atoms with Gasteiger partial charge >= 0.3 is 0 Å². The Morgan fingerprint density at radius 1 is 1.47 bits per heavy atom. The van der Waals surface area contributed by atoms with Crippen molar-refractivity contribution >= 4 is 6.08 Å². The lowest BCUT2D eigenvalue weighted by molar-refractivity contribution is -0.139. The highest BCUT2D eigenvalue weighted by molar-refractivity contribution is 5.50. The third-order valence-electron chi connectivity index (χ3n) is 2.74. The predicted molar refractivity (Wildman–Crippen MR) is 68.4 cm³/mol. The Morgan fingerprint density at radius 2 is 2.29 bits per heavy atom. The van der Waals surface area contributed by atoms with Crippen molar-refractivity contribution in [1.29, 1.82) is 0 Å². The molecule has 0 amide bonds. The molecule has 1 aliphatic heterocycles. The van der Waals surface area contributed by atoms with E-state index in [2.05, 4.69) is 18.2 Å². The van der Waals surface area contributed by atoms with Crippen LogP contribution in [0, 0.1) is 0 Å². The first-order valence-electron chi connectivity index (χ1n) is 5.89. The van der Waals surface area contributed by atoms with Crippen LogP contribution in [0.15, 0.2) is 30.3 Å². The Kier molecular flexibility index (Phi) is 3.62. The summed E-state index contributed by atoms with van der Waals surface area (Å²) in [7, 11) is 0. The van der Waals surface area contributed by atoms with Gasteiger partial charge in [0.2, 0.25) is 0 Å². The average molecular weight is 233 g/mol. The summed E-state index contributed by atoms with van der Waals surface area (Å²) in [6.07, 6.45) is 3.98. The first kappa shape index (κ1) is 12.3. The van der Waals surface area contributed by atoms with Gasteiger partial charge in [0, 0.05) is 6.54 Å². The highest BCUT2D eigenvalue weighted by Crippen LogP contribution is 2.32. The van der Waals surface area contributed by atoms with Crippen molar-refractivity contribution in [3.05, 3.63) is 41.5 Å². The molecule has 0 bridgehead atoms. The largest absolute Gasteiger partial charge is 0.347 e. The molecule has 0 saturated carbocycles. The number of nitrogens with two attached hydrogens (primary N) is 1. The van der Waals surface area contributed by atoms with Crippen LogP contribution in [-0.2, 0) is 9.47 Å². The van der Waals surface area contributed by atoms with Gasteiger partial charge in [-0.2, -0.15) is 0 Å². The lowest BCUT2D eigenvalue weighted by atomic mass is 10.1. The standard InChI is InChI=1S/C14H19NO2/c1-14(2)16-10-13(17-14)12-7-3-5-11(9-12)6-4-8-15/h3-7,9,13H,8,10,15H2,1-2H3/b6-4+. The summed E-state index contributed by atoms with van der Waals surface area (Å²) < 4.78 is 11.4. The molecule has 1 fully saturated rings. The van der Waals surface area contributed by atoms with Crippen molar-refractivity contribution in [2.45, 2.75) is 25.7 Å². The number of benzene rings is 1. The molecule has 1 heterocycles. The van der Waals surface area contributed by atoms with E-state index >= 15 is 0 Å². The van der Waals surface area contributed by atoms with Crippen molar-refractivity contribution in [3.63, 3.8) is 0 Å². The Balaban J connectivity index is 2.14. The lowest BCUT2D eigenvalue weighted by Crippen LogP contribution is -2.19. The average Bonchev–Trinajstić information content (AvgIpc) is 2.67. The van der Waals surface area contributed by atoms with E-state index in [1.165, 1.54) is 0 Å². The summed E-state index contributed by atoms with van der Waals surface area (Å²) >= 11 is 0. The summed E-state index contributed by atoms with van der Waals surface area (Å²) in [5.41, 5.74) is 7.73. The van der Waals surface area contributed by atoms with Gasteiger partial charge in [-0.1, -0.05) is 30.4 Å². The molecule has 1 aromatic rings. The Labute approximate surface area is 102 Å². The number of rotatable bonds is 3. The van der Waals surface area contributed by atoms with Crippen LogP contribution in [0.25, 0.3) is 6.08 Å². The molecule has 3 nitrogen and oxygen atoms in total. The first-order chi connectivity index (χ1) is 8.11. The minimum atomic E-state index is -0.478. The van der Waals surface area contributed by atoms with Crippen LogP contribution < -0.4 is 5.73 Å². The molecular weight excluding hydrogens is 214 g/mol. The minimum Gasteiger partial charge on any atom is -0.347 e.